The molecule has 8 heteroatoms. The molecule has 26 heavy (non-hydrogen) atoms. The van der Waals surface area contributed by atoms with Gasteiger partial charge in [0.05, 0.1) is 5.56 Å². The van der Waals surface area contributed by atoms with E-state index < -0.39 is 0 Å². The first-order valence-corrected chi connectivity index (χ1v) is 8.51. The Hall–Kier alpha value is -3.29. The second-order valence-corrected chi connectivity index (χ2v) is 6.10. The Kier molecular flexibility index (Phi) is 4.30. The Balaban J connectivity index is 1.47. The van der Waals surface area contributed by atoms with E-state index in [9.17, 15) is 4.79 Å². The quantitative estimate of drug-likeness (QED) is 0.710. The molecular formula is C18H19N7O. The number of carbonyl (C=O) groups is 1. The minimum absolute atomic E-state index is 0.0221. The van der Waals surface area contributed by atoms with Crippen molar-refractivity contribution >= 4 is 11.7 Å². The molecule has 1 fully saturated rings. The van der Waals surface area contributed by atoms with E-state index in [2.05, 4.69) is 25.0 Å². The highest BCUT2D eigenvalue weighted by Gasteiger charge is 2.23. The van der Waals surface area contributed by atoms with Crippen molar-refractivity contribution in [3.63, 3.8) is 0 Å². The van der Waals surface area contributed by atoms with Gasteiger partial charge in [0.25, 0.3) is 5.91 Å². The minimum atomic E-state index is 0.0221. The topological polar surface area (TPSA) is 80.0 Å². The van der Waals surface area contributed by atoms with E-state index in [0.29, 0.717) is 24.5 Å². The fraction of sp³-hybridized carbons (Fsp3) is 0.278. The van der Waals surface area contributed by atoms with Crippen LogP contribution in [0.25, 0.3) is 5.82 Å². The lowest BCUT2D eigenvalue weighted by atomic mass is 10.2. The van der Waals surface area contributed by atoms with E-state index in [1.165, 1.54) is 0 Å². The molecule has 3 aromatic heterocycles. The third-order valence-electron chi connectivity index (χ3n) is 4.35. The van der Waals surface area contributed by atoms with Crippen molar-refractivity contribution in [2.75, 3.05) is 31.1 Å². The zero-order chi connectivity index (χ0) is 17.9. The number of aromatic nitrogens is 5. The van der Waals surface area contributed by atoms with Crippen LogP contribution in [0.5, 0.6) is 0 Å². The standard InChI is InChI=1S/C18H19N7O/c1-14-21-16(12-17(22-14)25-7-3-6-20-25)23-8-10-24(11-9-23)18(26)15-4-2-5-19-13-15/h2-7,12-13H,8-11H2,1H3. The predicted molar refractivity (Wildman–Crippen MR) is 96.2 cm³/mol. The molecule has 0 aromatic carbocycles. The number of amides is 1. The number of aryl methyl sites for hydroxylation is 1. The molecule has 0 atom stereocenters. The van der Waals surface area contributed by atoms with Gasteiger partial charge in [0.1, 0.15) is 11.6 Å². The number of hydrogen-bond acceptors (Lipinski definition) is 6. The number of rotatable bonds is 3. The second-order valence-electron chi connectivity index (χ2n) is 6.10. The van der Waals surface area contributed by atoms with Gasteiger partial charge in [0.15, 0.2) is 5.82 Å². The molecule has 8 nitrogen and oxygen atoms in total. The van der Waals surface area contributed by atoms with Crippen LogP contribution in [-0.4, -0.2) is 61.7 Å². The molecule has 0 N–H and O–H groups in total. The zero-order valence-corrected chi connectivity index (χ0v) is 14.5. The van der Waals surface area contributed by atoms with Crippen LogP contribution in [0.4, 0.5) is 5.82 Å². The first-order valence-electron chi connectivity index (χ1n) is 8.51. The van der Waals surface area contributed by atoms with E-state index >= 15 is 0 Å². The average molecular weight is 349 g/mol. The molecule has 1 amide bonds. The van der Waals surface area contributed by atoms with Gasteiger partial charge in [0, 0.05) is 57.0 Å². The maximum atomic E-state index is 12.5. The largest absolute Gasteiger partial charge is 0.353 e. The van der Waals surface area contributed by atoms with Crippen molar-refractivity contribution in [2.45, 2.75) is 6.92 Å². The van der Waals surface area contributed by atoms with Crippen LogP contribution in [0.2, 0.25) is 0 Å². The normalized spacial score (nSPS) is 14.5. The molecular weight excluding hydrogens is 330 g/mol. The van der Waals surface area contributed by atoms with E-state index in [4.69, 9.17) is 0 Å². The average Bonchev–Trinajstić information content (AvgIpc) is 3.23. The molecule has 1 aliphatic rings. The third kappa shape index (κ3) is 3.26. The molecule has 3 aromatic rings. The Labute approximate surface area is 151 Å². The molecule has 132 valence electrons. The zero-order valence-electron chi connectivity index (χ0n) is 14.5. The van der Waals surface area contributed by atoms with Crippen molar-refractivity contribution in [3.8, 4) is 5.82 Å². The summed E-state index contributed by atoms with van der Waals surface area (Å²) in [6, 6.07) is 7.37. The number of pyridine rings is 1. The van der Waals surface area contributed by atoms with Crippen molar-refractivity contribution in [1.29, 1.82) is 0 Å². The lowest BCUT2D eigenvalue weighted by Gasteiger charge is -2.35. The van der Waals surface area contributed by atoms with E-state index in [0.717, 1.165) is 24.7 Å². The number of carbonyl (C=O) groups excluding carboxylic acids is 1. The van der Waals surface area contributed by atoms with Gasteiger partial charge in [-0.1, -0.05) is 0 Å². The molecule has 4 rings (SSSR count). The lowest BCUT2D eigenvalue weighted by molar-refractivity contribution is 0.0746. The van der Waals surface area contributed by atoms with Crippen LogP contribution in [0.1, 0.15) is 16.2 Å². The smallest absolute Gasteiger partial charge is 0.255 e. The number of piperazine rings is 1. The van der Waals surface area contributed by atoms with Crippen molar-refractivity contribution in [3.05, 3.63) is 60.4 Å². The highest BCUT2D eigenvalue weighted by atomic mass is 16.2. The van der Waals surface area contributed by atoms with Crippen LogP contribution in [0.15, 0.2) is 49.1 Å². The molecule has 0 unspecified atom stereocenters. The number of anilines is 1. The Morgan fingerprint density at radius 3 is 2.54 bits per heavy atom. The second kappa shape index (κ2) is 6.91. The van der Waals surface area contributed by atoms with Crippen LogP contribution in [0.3, 0.4) is 0 Å². The van der Waals surface area contributed by atoms with Gasteiger partial charge in [-0.05, 0) is 25.1 Å². The van der Waals surface area contributed by atoms with Crippen LogP contribution >= 0.6 is 0 Å². The molecule has 0 radical (unpaired) electrons. The number of nitrogens with zero attached hydrogens (tertiary/aromatic N) is 7. The number of hydrogen-bond donors (Lipinski definition) is 0. The molecule has 4 heterocycles. The van der Waals surface area contributed by atoms with Crippen LogP contribution in [0, 0.1) is 6.92 Å². The predicted octanol–water partition coefficient (Wildman–Crippen LogP) is 1.33. The van der Waals surface area contributed by atoms with Gasteiger partial charge in [-0.15, -0.1) is 0 Å². The summed E-state index contributed by atoms with van der Waals surface area (Å²) < 4.78 is 1.72. The third-order valence-corrected chi connectivity index (χ3v) is 4.35. The Morgan fingerprint density at radius 1 is 1.04 bits per heavy atom. The molecule has 1 aliphatic heterocycles. The molecule has 0 bridgehead atoms. The van der Waals surface area contributed by atoms with Crippen molar-refractivity contribution in [1.82, 2.24) is 29.6 Å². The summed E-state index contributed by atoms with van der Waals surface area (Å²) in [5.74, 6) is 2.32. The van der Waals surface area contributed by atoms with Crippen LogP contribution in [-0.2, 0) is 0 Å². The fourth-order valence-electron chi connectivity index (χ4n) is 3.03. The van der Waals surface area contributed by atoms with E-state index in [-0.39, 0.29) is 5.91 Å². The maximum absolute atomic E-state index is 12.5. The van der Waals surface area contributed by atoms with Crippen molar-refractivity contribution < 1.29 is 4.79 Å². The van der Waals surface area contributed by atoms with Gasteiger partial charge in [-0.2, -0.15) is 5.10 Å². The SMILES string of the molecule is Cc1nc(N2CCN(C(=O)c3cccnc3)CC2)cc(-n2cccn2)n1. The summed E-state index contributed by atoms with van der Waals surface area (Å²) >= 11 is 0. The summed E-state index contributed by atoms with van der Waals surface area (Å²) in [7, 11) is 0. The van der Waals surface area contributed by atoms with E-state index in [1.54, 1.807) is 35.4 Å². The summed E-state index contributed by atoms with van der Waals surface area (Å²) in [5, 5.41) is 4.23. The van der Waals surface area contributed by atoms with Gasteiger partial charge < -0.3 is 9.80 Å². The molecule has 0 spiro atoms. The lowest BCUT2D eigenvalue weighted by Crippen LogP contribution is -2.49. The Bertz CT molecular complexity index is 887. The van der Waals surface area contributed by atoms with E-state index in [1.807, 2.05) is 30.2 Å². The van der Waals surface area contributed by atoms with Crippen molar-refractivity contribution in [2.24, 2.45) is 0 Å². The summed E-state index contributed by atoms with van der Waals surface area (Å²) in [6.45, 7) is 4.61. The minimum Gasteiger partial charge on any atom is -0.353 e. The molecule has 1 saturated heterocycles. The first-order chi connectivity index (χ1) is 12.7. The first kappa shape index (κ1) is 16.2. The van der Waals surface area contributed by atoms with Gasteiger partial charge in [-0.25, -0.2) is 14.6 Å². The van der Waals surface area contributed by atoms with Gasteiger partial charge >= 0.3 is 0 Å². The molecule has 0 saturated carbocycles. The highest BCUT2D eigenvalue weighted by Crippen LogP contribution is 2.18. The summed E-state index contributed by atoms with van der Waals surface area (Å²) in [5.41, 5.74) is 0.625. The monoisotopic (exact) mass is 349 g/mol. The van der Waals surface area contributed by atoms with Crippen LogP contribution < -0.4 is 4.90 Å². The summed E-state index contributed by atoms with van der Waals surface area (Å²) in [6.07, 6.45) is 6.86. The fourth-order valence-corrected chi connectivity index (χ4v) is 3.03. The molecule has 0 aliphatic carbocycles. The highest BCUT2D eigenvalue weighted by molar-refractivity contribution is 5.94. The Morgan fingerprint density at radius 2 is 1.85 bits per heavy atom. The van der Waals surface area contributed by atoms with Gasteiger partial charge in [0.2, 0.25) is 0 Å². The van der Waals surface area contributed by atoms with Gasteiger partial charge in [-0.3, -0.25) is 9.78 Å². The summed E-state index contributed by atoms with van der Waals surface area (Å²) in [4.78, 5) is 29.6. The maximum Gasteiger partial charge on any atom is 0.255 e.